The van der Waals surface area contributed by atoms with E-state index in [2.05, 4.69) is 16.6 Å². The Kier molecular flexibility index (Phi) is 5.56. The second-order valence-corrected chi connectivity index (χ2v) is 4.63. The van der Waals surface area contributed by atoms with Gasteiger partial charge in [0.1, 0.15) is 5.82 Å². The average Bonchev–Trinajstić information content (AvgIpc) is 2.43. The second kappa shape index (κ2) is 7.16. The number of halogens is 1. The summed E-state index contributed by atoms with van der Waals surface area (Å²) in [6.45, 7) is 3.77. The molecule has 0 heterocycles. The highest BCUT2D eigenvalue weighted by molar-refractivity contribution is 5.74. The van der Waals surface area contributed by atoms with Crippen LogP contribution in [0.15, 0.2) is 18.2 Å². The fourth-order valence-electron chi connectivity index (χ4n) is 1.55. The van der Waals surface area contributed by atoms with E-state index >= 15 is 0 Å². The molecule has 1 aromatic rings. The van der Waals surface area contributed by atoms with Crippen molar-refractivity contribution in [2.75, 3.05) is 0 Å². The third kappa shape index (κ3) is 4.29. The first kappa shape index (κ1) is 15.5. The molecule has 0 aliphatic rings. The van der Waals surface area contributed by atoms with E-state index in [4.69, 9.17) is 11.7 Å². The van der Waals surface area contributed by atoms with Crippen molar-refractivity contribution in [3.05, 3.63) is 35.1 Å². The molecule has 0 radical (unpaired) electrons. The van der Waals surface area contributed by atoms with Gasteiger partial charge in [-0.3, -0.25) is 0 Å². The van der Waals surface area contributed by atoms with E-state index < -0.39 is 11.8 Å². The van der Waals surface area contributed by atoms with Crippen LogP contribution in [0.1, 0.15) is 25.0 Å². The highest BCUT2D eigenvalue weighted by Crippen LogP contribution is 2.09. The van der Waals surface area contributed by atoms with Gasteiger partial charge in [0.05, 0.1) is 17.7 Å². The molecule has 2 N–H and O–H groups in total. The first-order valence-electron chi connectivity index (χ1n) is 6.17. The number of terminal acetylenes is 1. The molecule has 1 unspecified atom stereocenters. The van der Waals surface area contributed by atoms with Gasteiger partial charge in [0, 0.05) is 12.1 Å². The van der Waals surface area contributed by atoms with Crippen molar-refractivity contribution < 1.29 is 9.18 Å². The lowest BCUT2D eigenvalue weighted by atomic mass is 10.1. The first-order chi connectivity index (χ1) is 9.47. The topological polar surface area (TPSA) is 64.9 Å². The number of urea groups is 1. The summed E-state index contributed by atoms with van der Waals surface area (Å²) in [5.41, 5.74) is 0.591. The SMILES string of the molecule is C#CC(NC(=O)NCc1cc(C#N)ccc1F)C(C)C. The molecule has 1 aromatic carbocycles. The summed E-state index contributed by atoms with van der Waals surface area (Å²) in [7, 11) is 0. The van der Waals surface area contributed by atoms with Crippen molar-refractivity contribution in [3.63, 3.8) is 0 Å². The Morgan fingerprint density at radius 1 is 1.50 bits per heavy atom. The summed E-state index contributed by atoms with van der Waals surface area (Å²) in [6.07, 6.45) is 5.30. The molecule has 104 valence electrons. The number of nitrogens with one attached hydrogen (secondary N) is 2. The van der Waals surface area contributed by atoms with E-state index in [1.807, 2.05) is 19.9 Å². The minimum Gasteiger partial charge on any atom is -0.334 e. The third-order valence-electron chi connectivity index (χ3n) is 2.75. The molecule has 0 aliphatic carbocycles. The number of hydrogen-bond acceptors (Lipinski definition) is 2. The minimum atomic E-state index is -0.471. The number of carbonyl (C=O) groups excluding carboxylic acids is 1. The molecule has 0 aliphatic heterocycles. The van der Waals surface area contributed by atoms with Crippen LogP contribution in [-0.4, -0.2) is 12.1 Å². The average molecular weight is 273 g/mol. The largest absolute Gasteiger partial charge is 0.334 e. The van der Waals surface area contributed by atoms with Gasteiger partial charge in [0.2, 0.25) is 0 Å². The van der Waals surface area contributed by atoms with Crippen LogP contribution in [-0.2, 0) is 6.54 Å². The van der Waals surface area contributed by atoms with Crippen LogP contribution in [0.3, 0.4) is 0 Å². The predicted octanol–water partition coefficient (Wildman–Crippen LogP) is 2.15. The van der Waals surface area contributed by atoms with Crippen molar-refractivity contribution in [3.8, 4) is 18.4 Å². The van der Waals surface area contributed by atoms with Gasteiger partial charge in [-0.05, 0) is 24.1 Å². The second-order valence-electron chi connectivity index (χ2n) is 4.63. The number of amides is 2. The molecule has 0 aromatic heterocycles. The van der Waals surface area contributed by atoms with Crippen molar-refractivity contribution in [2.45, 2.75) is 26.4 Å². The summed E-state index contributed by atoms with van der Waals surface area (Å²) in [6, 6.07) is 5.04. The van der Waals surface area contributed by atoms with Crippen molar-refractivity contribution in [1.29, 1.82) is 5.26 Å². The maximum Gasteiger partial charge on any atom is 0.316 e. The Morgan fingerprint density at radius 3 is 2.75 bits per heavy atom. The molecule has 0 spiro atoms. The summed E-state index contributed by atoms with van der Waals surface area (Å²) >= 11 is 0. The Balaban J connectivity index is 2.62. The number of benzene rings is 1. The van der Waals surface area contributed by atoms with Crippen LogP contribution >= 0.6 is 0 Å². The normalized spacial score (nSPS) is 11.3. The number of hydrogen-bond donors (Lipinski definition) is 2. The molecule has 1 atom stereocenters. The highest BCUT2D eigenvalue weighted by Gasteiger charge is 2.13. The van der Waals surface area contributed by atoms with Crippen LogP contribution in [0.4, 0.5) is 9.18 Å². The lowest BCUT2D eigenvalue weighted by Crippen LogP contribution is -2.43. The number of nitrogens with zero attached hydrogens (tertiary/aromatic N) is 1. The van der Waals surface area contributed by atoms with Crippen molar-refractivity contribution in [1.82, 2.24) is 10.6 Å². The Hall–Kier alpha value is -2.53. The van der Waals surface area contributed by atoms with Crippen LogP contribution in [0.5, 0.6) is 0 Å². The zero-order valence-corrected chi connectivity index (χ0v) is 11.4. The molecular weight excluding hydrogens is 257 g/mol. The van der Waals surface area contributed by atoms with Gasteiger partial charge in [-0.1, -0.05) is 19.8 Å². The molecule has 0 bridgehead atoms. The van der Waals surface area contributed by atoms with Gasteiger partial charge in [-0.25, -0.2) is 9.18 Å². The zero-order valence-electron chi connectivity index (χ0n) is 11.4. The van der Waals surface area contributed by atoms with Gasteiger partial charge in [-0.2, -0.15) is 5.26 Å². The number of rotatable bonds is 4. The molecule has 4 nitrogen and oxygen atoms in total. The summed E-state index contributed by atoms with van der Waals surface area (Å²) in [4.78, 5) is 11.7. The van der Waals surface area contributed by atoms with Crippen LogP contribution in [0.2, 0.25) is 0 Å². The Labute approximate surface area is 118 Å². The van der Waals surface area contributed by atoms with Gasteiger partial charge >= 0.3 is 6.03 Å². The third-order valence-corrected chi connectivity index (χ3v) is 2.75. The quantitative estimate of drug-likeness (QED) is 0.826. The summed E-state index contributed by atoms with van der Waals surface area (Å²) in [5, 5.41) is 13.9. The first-order valence-corrected chi connectivity index (χ1v) is 6.17. The van der Waals surface area contributed by atoms with Gasteiger partial charge in [0.15, 0.2) is 0 Å². The van der Waals surface area contributed by atoms with Crippen LogP contribution < -0.4 is 10.6 Å². The van der Waals surface area contributed by atoms with Gasteiger partial charge < -0.3 is 10.6 Å². The molecule has 20 heavy (non-hydrogen) atoms. The molecular formula is C15H16FN3O. The van der Waals surface area contributed by atoms with E-state index in [-0.39, 0.29) is 24.1 Å². The molecule has 2 amide bonds. The maximum absolute atomic E-state index is 13.5. The van der Waals surface area contributed by atoms with Crippen molar-refractivity contribution >= 4 is 6.03 Å². The lowest BCUT2D eigenvalue weighted by molar-refractivity contribution is 0.236. The number of carbonyl (C=O) groups is 1. The molecule has 5 heteroatoms. The fraction of sp³-hybridized carbons (Fsp3) is 0.333. The minimum absolute atomic E-state index is 0.0113. The van der Waals surface area contributed by atoms with E-state index in [1.165, 1.54) is 18.2 Å². The van der Waals surface area contributed by atoms with Crippen molar-refractivity contribution in [2.24, 2.45) is 5.92 Å². The van der Waals surface area contributed by atoms with E-state index in [0.29, 0.717) is 5.56 Å². The summed E-state index contributed by atoms with van der Waals surface area (Å²) < 4.78 is 13.5. The van der Waals surface area contributed by atoms with Gasteiger partial charge in [0.25, 0.3) is 0 Å². The fourth-order valence-corrected chi connectivity index (χ4v) is 1.55. The predicted molar refractivity (Wildman–Crippen MR) is 73.9 cm³/mol. The van der Waals surface area contributed by atoms with Gasteiger partial charge in [-0.15, -0.1) is 6.42 Å². The van der Waals surface area contributed by atoms with Crippen LogP contribution in [0, 0.1) is 35.4 Å². The van der Waals surface area contributed by atoms with Crippen LogP contribution in [0.25, 0.3) is 0 Å². The Bertz CT molecular complexity index is 569. The van der Waals surface area contributed by atoms with E-state index in [0.717, 1.165) is 0 Å². The zero-order chi connectivity index (χ0) is 15.1. The number of nitriles is 1. The summed E-state index contributed by atoms with van der Waals surface area (Å²) in [5.74, 6) is 2.10. The Morgan fingerprint density at radius 2 is 2.20 bits per heavy atom. The maximum atomic E-state index is 13.5. The van der Waals surface area contributed by atoms with E-state index in [1.54, 1.807) is 0 Å². The lowest BCUT2D eigenvalue weighted by Gasteiger charge is -2.17. The molecule has 0 fully saturated rings. The molecule has 0 saturated carbocycles. The molecule has 0 saturated heterocycles. The smallest absolute Gasteiger partial charge is 0.316 e. The molecule has 1 rings (SSSR count). The van der Waals surface area contributed by atoms with E-state index in [9.17, 15) is 9.18 Å². The standard InChI is InChI=1S/C15H16FN3O/c1-4-14(10(2)3)19-15(20)18-9-12-7-11(8-17)5-6-13(12)16/h1,5-7,10,14H,9H2,2-3H3,(H2,18,19,20). The monoisotopic (exact) mass is 273 g/mol. The highest BCUT2D eigenvalue weighted by atomic mass is 19.1.